The smallest absolute Gasteiger partial charge is 0.264 e. The molecular formula is C25H29NO4. The molecule has 158 valence electrons. The highest BCUT2D eigenvalue weighted by Crippen LogP contribution is 2.47. The van der Waals surface area contributed by atoms with Crippen LogP contribution in [0.3, 0.4) is 0 Å². The van der Waals surface area contributed by atoms with E-state index in [1.165, 1.54) is 6.42 Å². The van der Waals surface area contributed by atoms with Gasteiger partial charge in [0.25, 0.3) is 5.91 Å². The van der Waals surface area contributed by atoms with Gasteiger partial charge in [0, 0.05) is 5.92 Å². The molecule has 0 aliphatic heterocycles. The second-order valence-electron chi connectivity index (χ2n) is 8.36. The Morgan fingerprint density at radius 3 is 2.60 bits per heavy atom. The van der Waals surface area contributed by atoms with Gasteiger partial charge in [-0.2, -0.15) is 0 Å². The summed E-state index contributed by atoms with van der Waals surface area (Å²) in [7, 11) is 0. The zero-order valence-corrected chi connectivity index (χ0v) is 18.1. The van der Waals surface area contributed by atoms with Crippen molar-refractivity contribution in [1.29, 1.82) is 0 Å². The van der Waals surface area contributed by atoms with Gasteiger partial charge < -0.3 is 18.5 Å². The van der Waals surface area contributed by atoms with Crippen molar-refractivity contribution >= 4 is 5.91 Å². The minimum absolute atomic E-state index is 0.106. The zero-order valence-electron chi connectivity index (χ0n) is 18.1. The highest BCUT2D eigenvalue weighted by atomic mass is 16.5. The van der Waals surface area contributed by atoms with Crippen molar-refractivity contribution in [3.05, 3.63) is 77.1 Å². The molecule has 3 unspecified atom stereocenters. The number of aryl methyl sites for hydroxylation is 1. The first-order chi connectivity index (χ1) is 14.4. The van der Waals surface area contributed by atoms with Crippen molar-refractivity contribution in [2.24, 2.45) is 5.92 Å². The van der Waals surface area contributed by atoms with Gasteiger partial charge in [-0.05, 0) is 74.6 Å². The van der Waals surface area contributed by atoms with Crippen LogP contribution in [-0.2, 0) is 17.9 Å². The van der Waals surface area contributed by atoms with Crippen LogP contribution in [0.4, 0.5) is 0 Å². The average molecular weight is 408 g/mol. The van der Waals surface area contributed by atoms with Crippen molar-refractivity contribution in [2.75, 3.05) is 0 Å². The summed E-state index contributed by atoms with van der Waals surface area (Å²) in [4.78, 5) is 15.0. The first kappa shape index (κ1) is 20.3. The predicted octanol–water partition coefficient (Wildman–Crippen LogP) is 5.61. The van der Waals surface area contributed by atoms with Crippen LogP contribution in [0.5, 0.6) is 5.75 Å². The van der Waals surface area contributed by atoms with Gasteiger partial charge in [0.2, 0.25) is 0 Å². The van der Waals surface area contributed by atoms with E-state index in [0.29, 0.717) is 24.9 Å². The second kappa shape index (κ2) is 8.42. The predicted molar refractivity (Wildman–Crippen MR) is 114 cm³/mol. The van der Waals surface area contributed by atoms with Gasteiger partial charge in [0.15, 0.2) is 6.10 Å². The van der Waals surface area contributed by atoms with E-state index in [4.69, 9.17) is 13.6 Å². The van der Waals surface area contributed by atoms with Crippen molar-refractivity contribution in [3.63, 3.8) is 0 Å². The van der Waals surface area contributed by atoms with Gasteiger partial charge in [-0.1, -0.05) is 19.1 Å². The number of carbonyl (C=O) groups is 1. The van der Waals surface area contributed by atoms with Gasteiger partial charge in [0.1, 0.15) is 23.0 Å². The van der Waals surface area contributed by atoms with Crippen LogP contribution in [0.15, 0.2) is 57.6 Å². The van der Waals surface area contributed by atoms with Gasteiger partial charge in [-0.3, -0.25) is 4.79 Å². The van der Waals surface area contributed by atoms with E-state index < -0.39 is 6.10 Å². The lowest BCUT2D eigenvalue weighted by Gasteiger charge is -2.25. The molecule has 3 atom stereocenters. The third-order valence-electron chi connectivity index (χ3n) is 5.95. The van der Waals surface area contributed by atoms with Crippen molar-refractivity contribution < 1.29 is 18.4 Å². The molecule has 0 radical (unpaired) electrons. The molecule has 1 aliphatic rings. The fourth-order valence-corrected chi connectivity index (χ4v) is 3.74. The minimum atomic E-state index is -0.627. The van der Waals surface area contributed by atoms with Crippen molar-refractivity contribution in [3.8, 4) is 5.75 Å². The fraction of sp³-hybridized carbons (Fsp3) is 0.400. The third kappa shape index (κ3) is 4.45. The molecule has 0 N–H and O–H groups in total. The molecular weight excluding hydrogens is 378 g/mol. The standard InChI is InChI=1S/C25H29NO4/c1-16-7-5-9-23(18(16)3)29-19(4)25(27)26(14-20-8-6-12-28-20)15-21-10-11-24(30-21)22-13-17(22)2/h5-12,17,19,22H,13-15H2,1-4H3. The number of rotatable bonds is 8. The summed E-state index contributed by atoms with van der Waals surface area (Å²) >= 11 is 0. The van der Waals surface area contributed by atoms with E-state index >= 15 is 0 Å². The molecule has 0 saturated heterocycles. The normalized spacial score (nSPS) is 18.8. The van der Waals surface area contributed by atoms with Gasteiger partial charge in [0.05, 0.1) is 19.4 Å². The third-order valence-corrected chi connectivity index (χ3v) is 5.95. The number of hydrogen-bond acceptors (Lipinski definition) is 4. The van der Waals surface area contributed by atoms with Crippen LogP contribution in [0.25, 0.3) is 0 Å². The molecule has 1 saturated carbocycles. The Labute approximate surface area is 177 Å². The van der Waals surface area contributed by atoms with Gasteiger partial charge in [-0.15, -0.1) is 0 Å². The topological polar surface area (TPSA) is 55.8 Å². The molecule has 1 aliphatic carbocycles. The summed E-state index contributed by atoms with van der Waals surface area (Å²) < 4.78 is 17.6. The molecule has 2 aromatic heterocycles. The molecule has 0 spiro atoms. The fourth-order valence-electron chi connectivity index (χ4n) is 3.74. The molecule has 1 amide bonds. The molecule has 2 heterocycles. The Morgan fingerprint density at radius 2 is 1.90 bits per heavy atom. The summed E-state index contributed by atoms with van der Waals surface area (Å²) in [5.41, 5.74) is 2.18. The molecule has 5 heteroatoms. The molecule has 30 heavy (non-hydrogen) atoms. The molecule has 4 rings (SSSR count). The maximum Gasteiger partial charge on any atom is 0.264 e. The van der Waals surface area contributed by atoms with E-state index in [9.17, 15) is 4.79 Å². The zero-order chi connectivity index (χ0) is 21.3. The van der Waals surface area contributed by atoms with Crippen molar-refractivity contribution in [1.82, 2.24) is 4.90 Å². The lowest BCUT2D eigenvalue weighted by atomic mass is 10.1. The summed E-state index contributed by atoms with van der Waals surface area (Å²) in [5.74, 6) is 4.34. The van der Waals surface area contributed by atoms with Crippen molar-refractivity contribution in [2.45, 2.75) is 59.2 Å². The lowest BCUT2D eigenvalue weighted by Crippen LogP contribution is -2.39. The number of ether oxygens (including phenoxy) is 1. The van der Waals surface area contributed by atoms with E-state index in [-0.39, 0.29) is 5.91 Å². The van der Waals surface area contributed by atoms with Crippen LogP contribution in [0.2, 0.25) is 0 Å². The molecule has 1 aromatic carbocycles. The second-order valence-corrected chi connectivity index (χ2v) is 8.36. The quantitative estimate of drug-likeness (QED) is 0.487. The Morgan fingerprint density at radius 1 is 1.13 bits per heavy atom. The lowest BCUT2D eigenvalue weighted by molar-refractivity contribution is -0.139. The summed E-state index contributed by atoms with van der Waals surface area (Å²) in [6.45, 7) is 8.80. The molecule has 1 fully saturated rings. The Bertz CT molecular complexity index is 1000. The van der Waals surface area contributed by atoms with E-state index in [1.54, 1.807) is 18.1 Å². The van der Waals surface area contributed by atoms with E-state index in [0.717, 1.165) is 34.2 Å². The Balaban J connectivity index is 1.50. The number of benzene rings is 1. The van der Waals surface area contributed by atoms with Crippen LogP contribution >= 0.6 is 0 Å². The maximum absolute atomic E-state index is 13.3. The van der Waals surface area contributed by atoms with E-state index in [2.05, 4.69) is 6.92 Å². The number of furan rings is 2. The summed E-state index contributed by atoms with van der Waals surface area (Å²) in [5, 5.41) is 0. The molecule has 5 nitrogen and oxygen atoms in total. The Kier molecular flexibility index (Phi) is 5.71. The highest BCUT2D eigenvalue weighted by molar-refractivity contribution is 5.80. The average Bonchev–Trinajstić information content (AvgIpc) is 3.12. The number of amides is 1. The summed E-state index contributed by atoms with van der Waals surface area (Å²) in [6.07, 6.45) is 2.16. The van der Waals surface area contributed by atoms with E-state index in [1.807, 2.05) is 56.3 Å². The van der Waals surface area contributed by atoms with Crippen LogP contribution in [-0.4, -0.2) is 16.9 Å². The number of nitrogens with zero attached hydrogens (tertiary/aromatic N) is 1. The molecule has 0 bridgehead atoms. The van der Waals surface area contributed by atoms with Crippen LogP contribution in [0, 0.1) is 19.8 Å². The highest BCUT2D eigenvalue weighted by Gasteiger charge is 2.36. The van der Waals surface area contributed by atoms with Crippen LogP contribution < -0.4 is 4.74 Å². The van der Waals surface area contributed by atoms with Crippen LogP contribution in [0.1, 0.15) is 54.6 Å². The summed E-state index contributed by atoms with van der Waals surface area (Å²) in [6, 6.07) is 13.6. The SMILES string of the molecule is Cc1cccc(OC(C)C(=O)N(Cc2ccco2)Cc2ccc(C3CC3C)o2)c1C. The minimum Gasteiger partial charge on any atom is -0.481 e. The number of hydrogen-bond donors (Lipinski definition) is 0. The van der Waals surface area contributed by atoms with Gasteiger partial charge >= 0.3 is 0 Å². The van der Waals surface area contributed by atoms with Gasteiger partial charge in [-0.25, -0.2) is 0 Å². The largest absolute Gasteiger partial charge is 0.481 e. The number of carbonyl (C=O) groups excluding carboxylic acids is 1. The first-order valence-corrected chi connectivity index (χ1v) is 10.5. The molecule has 3 aromatic rings. The first-order valence-electron chi connectivity index (χ1n) is 10.5. The maximum atomic E-state index is 13.3. The monoisotopic (exact) mass is 407 g/mol. The Hall–Kier alpha value is -2.95.